The number of nitro groups is 1. The molecule has 0 bridgehead atoms. The highest BCUT2D eigenvalue weighted by molar-refractivity contribution is 7.13. The maximum Gasteiger partial charge on any atom is 0.324 e. The summed E-state index contributed by atoms with van der Waals surface area (Å²) in [7, 11) is 0. The predicted molar refractivity (Wildman–Crippen MR) is 78.7 cm³/mol. The van der Waals surface area contributed by atoms with Crippen LogP contribution in [0.25, 0.3) is 6.08 Å². The van der Waals surface area contributed by atoms with Gasteiger partial charge in [-0.1, -0.05) is 11.3 Å². The van der Waals surface area contributed by atoms with Gasteiger partial charge in [-0.05, 0) is 25.0 Å². The average molecular weight is 309 g/mol. The number of nitriles is 1. The second-order valence-corrected chi connectivity index (χ2v) is 4.84. The van der Waals surface area contributed by atoms with Crippen LogP contribution in [0.5, 0.6) is 0 Å². The van der Waals surface area contributed by atoms with Gasteiger partial charge < -0.3 is 10.1 Å². The molecule has 0 aliphatic carbocycles. The number of nitrogens with zero attached hydrogens (tertiary/aromatic N) is 2. The number of rotatable bonds is 8. The summed E-state index contributed by atoms with van der Waals surface area (Å²) < 4.78 is 5.13. The second kappa shape index (κ2) is 8.84. The van der Waals surface area contributed by atoms with Crippen LogP contribution in [0.1, 0.15) is 18.9 Å². The number of carbonyl (C=O) groups is 1. The molecule has 1 aromatic heterocycles. The number of ether oxygens (including phenoxy) is 1. The van der Waals surface area contributed by atoms with Gasteiger partial charge >= 0.3 is 5.00 Å². The van der Waals surface area contributed by atoms with Gasteiger partial charge in [0, 0.05) is 31.2 Å². The summed E-state index contributed by atoms with van der Waals surface area (Å²) in [4.78, 5) is 21.8. The topological polar surface area (TPSA) is 105 Å². The molecule has 1 aromatic rings. The zero-order valence-corrected chi connectivity index (χ0v) is 12.3. The Morgan fingerprint density at radius 1 is 1.67 bits per heavy atom. The van der Waals surface area contributed by atoms with Gasteiger partial charge in [0.1, 0.15) is 11.6 Å². The summed E-state index contributed by atoms with van der Waals surface area (Å²) in [5, 5.41) is 23.6. The summed E-state index contributed by atoms with van der Waals surface area (Å²) >= 11 is 0.947. The van der Waals surface area contributed by atoms with Crippen molar-refractivity contribution in [1.82, 2.24) is 5.32 Å². The predicted octanol–water partition coefficient (Wildman–Crippen LogP) is 2.11. The van der Waals surface area contributed by atoms with Crippen LogP contribution in [0.2, 0.25) is 0 Å². The Morgan fingerprint density at radius 2 is 2.43 bits per heavy atom. The Hall–Kier alpha value is -2.24. The van der Waals surface area contributed by atoms with E-state index >= 15 is 0 Å². The summed E-state index contributed by atoms with van der Waals surface area (Å²) in [5.41, 5.74) is 0.381. The third-order valence-electron chi connectivity index (χ3n) is 2.42. The smallest absolute Gasteiger partial charge is 0.324 e. The molecule has 1 heterocycles. The Kier molecular flexibility index (Phi) is 7.08. The Morgan fingerprint density at radius 3 is 3.00 bits per heavy atom. The van der Waals surface area contributed by atoms with Crippen LogP contribution < -0.4 is 5.32 Å². The summed E-state index contributed by atoms with van der Waals surface area (Å²) in [5.74, 6) is -0.497. The molecule has 1 amide bonds. The van der Waals surface area contributed by atoms with Gasteiger partial charge in [0.05, 0.1) is 4.92 Å². The van der Waals surface area contributed by atoms with Crippen molar-refractivity contribution in [2.75, 3.05) is 19.8 Å². The van der Waals surface area contributed by atoms with E-state index in [0.717, 1.165) is 11.3 Å². The van der Waals surface area contributed by atoms with Crippen molar-refractivity contribution in [3.8, 4) is 6.07 Å². The monoisotopic (exact) mass is 309 g/mol. The molecule has 0 saturated heterocycles. The lowest BCUT2D eigenvalue weighted by molar-refractivity contribution is -0.380. The number of thiophene rings is 1. The molecule has 0 unspecified atom stereocenters. The first kappa shape index (κ1) is 16.8. The largest absolute Gasteiger partial charge is 0.382 e. The zero-order valence-electron chi connectivity index (χ0n) is 11.5. The Balaban J connectivity index is 2.60. The molecule has 0 aromatic carbocycles. The molecule has 1 N–H and O–H groups in total. The molecule has 21 heavy (non-hydrogen) atoms. The molecule has 1 rings (SSSR count). The third kappa shape index (κ3) is 5.72. The van der Waals surface area contributed by atoms with Crippen molar-refractivity contribution >= 4 is 28.3 Å². The van der Waals surface area contributed by atoms with Gasteiger partial charge in [-0.2, -0.15) is 5.26 Å². The molecule has 0 spiro atoms. The van der Waals surface area contributed by atoms with Gasteiger partial charge in [0.25, 0.3) is 5.91 Å². The van der Waals surface area contributed by atoms with E-state index in [-0.39, 0.29) is 10.6 Å². The van der Waals surface area contributed by atoms with Crippen molar-refractivity contribution < 1.29 is 14.5 Å². The van der Waals surface area contributed by atoms with E-state index in [4.69, 9.17) is 10.00 Å². The Labute approximate surface area is 126 Å². The van der Waals surface area contributed by atoms with E-state index in [2.05, 4.69) is 5.32 Å². The minimum Gasteiger partial charge on any atom is -0.382 e. The van der Waals surface area contributed by atoms with Crippen molar-refractivity contribution in [2.24, 2.45) is 0 Å². The molecule has 112 valence electrons. The van der Waals surface area contributed by atoms with Crippen LogP contribution in [0, 0.1) is 21.4 Å². The van der Waals surface area contributed by atoms with Crippen LogP contribution >= 0.6 is 11.3 Å². The van der Waals surface area contributed by atoms with Crippen LogP contribution in [-0.4, -0.2) is 30.6 Å². The quantitative estimate of drug-likeness (QED) is 0.260. The molecule has 8 heteroatoms. The van der Waals surface area contributed by atoms with Crippen LogP contribution in [0.3, 0.4) is 0 Å². The van der Waals surface area contributed by atoms with Crippen LogP contribution in [0.15, 0.2) is 17.0 Å². The highest BCUT2D eigenvalue weighted by atomic mass is 32.1. The van der Waals surface area contributed by atoms with Gasteiger partial charge in [-0.3, -0.25) is 14.9 Å². The van der Waals surface area contributed by atoms with Gasteiger partial charge in [-0.25, -0.2) is 0 Å². The maximum absolute atomic E-state index is 11.8. The minimum atomic E-state index is -0.512. The molecule has 7 nitrogen and oxygen atoms in total. The van der Waals surface area contributed by atoms with Crippen molar-refractivity contribution in [3.63, 3.8) is 0 Å². The first-order valence-corrected chi connectivity index (χ1v) is 7.17. The van der Waals surface area contributed by atoms with Crippen molar-refractivity contribution in [1.29, 1.82) is 5.26 Å². The van der Waals surface area contributed by atoms with Crippen molar-refractivity contribution in [3.05, 3.63) is 32.7 Å². The molecule has 0 saturated carbocycles. The van der Waals surface area contributed by atoms with E-state index in [0.29, 0.717) is 31.7 Å². The van der Waals surface area contributed by atoms with E-state index in [9.17, 15) is 14.9 Å². The maximum atomic E-state index is 11.8. The highest BCUT2D eigenvalue weighted by Gasteiger charge is 2.12. The minimum absolute atomic E-state index is 0.0318. The number of nitrogens with one attached hydrogen (secondary N) is 1. The fraction of sp³-hybridized carbons (Fsp3) is 0.385. The van der Waals surface area contributed by atoms with Gasteiger partial charge in [0.2, 0.25) is 0 Å². The third-order valence-corrected chi connectivity index (χ3v) is 3.32. The molecule has 0 aliphatic heterocycles. The van der Waals surface area contributed by atoms with E-state index in [1.54, 1.807) is 6.07 Å². The fourth-order valence-electron chi connectivity index (χ4n) is 1.44. The second-order valence-electron chi connectivity index (χ2n) is 3.95. The number of hydrogen-bond acceptors (Lipinski definition) is 6. The average Bonchev–Trinajstić information content (AvgIpc) is 2.93. The summed E-state index contributed by atoms with van der Waals surface area (Å²) in [6, 6.07) is 3.12. The normalized spacial score (nSPS) is 11.0. The molecule has 0 atom stereocenters. The summed E-state index contributed by atoms with van der Waals surface area (Å²) in [6.45, 7) is 3.45. The Bertz CT molecular complexity index is 574. The lowest BCUT2D eigenvalue weighted by atomic mass is 10.2. The fourth-order valence-corrected chi connectivity index (χ4v) is 2.12. The van der Waals surface area contributed by atoms with Gasteiger partial charge in [-0.15, -0.1) is 0 Å². The van der Waals surface area contributed by atoms with E-state index in [1.807, 2.05) is 6.92 Å². The van der Waals surface area contributed by atoms with Crippen LogP contribution in [-0.2, 0) is 9.53 Å². The first-order valence-electron chi connectivity index (χ1n) is 6.29. The number of hydrogen-bond donors (Lipinski definition) is 1. The SMILES string of the molecule is CCOCCCNC(=O)/C(C#N)=C/c1csc([N+](=O)[O-])c1. The first-order chi connectivity index (χ1) is 10.1. The highest BCUT2D eigenvalue weighted by Crippen LogP contribution is 2.24. The lowest BCUT2D eigenvalue weighted by Crippen LogP contribution is -2.26. The molecule has 0 aliphatic rings. The number of amides is 1. The molecular formula is C13H15N3O4S. The summed E-state index contributed by atoms with van der Waals surface area (Å²) in [6.07, 6.45) is 1.99. The standard InChI is InChI=1S/C13H15N3O4S/c1-2-20-5-3-4-15-13(17)11(8-14)6-10-7-12(16(18)19)21-9-10/h6-7,9H,2-5H2,1H3,(H,15,17)/b11-6+. The molecule has 0 radical (unpaired) electrons. The molecular weight excluding hydrogens is 294 g/mol. The lowest BCUT2D eigenvalue weighted by Gasteiger charge is -2.04. The van der Waals surface area contributed by atoms with Gasteiger partial charge in [0.15, 0.2) is 0 Å². The number of carbonyl (C=O) groups excluding carboxylic acids is 1. The van der Waals surface area contributed by atoms with Crippen LogP contribution in [0.4, 0.5) is 5.00 Å². The van der Waals surface area contributed by atoms with Crippen molar-refractivity contribution in [2.45, 2.75) is 13.3 Å². The van der Waals surface area contributed by atoms with E-state index in [1.165, 1.54) is 17.5 Å². The molecule has 0 fully saturated rings. The van der Waals surface area contributed by atoms with E-state index < -0.39 is 10.8 Å². The zero-order chi connectivity index (χ0) is 15.7.